The molecule has 0 aliphatic heterocycles. The molecule has 3 heteroatoms. The minimum atomic E-state index is -0.00120. The van der Waals surface area contributed by atoms with Gasteiger partial charge in [-0.2, -0.15) is 0 Å². The molecule has 0 aromatic heterocycles. The van der Waals surface area contributed by atoms with Gasteiger partial charge >= 0.3 is 0 Å². The van der Waals surface area contributed by atoms with E-state index < -0.39 is 0 Å². The Morgan fingerprint density at radius 3 is 2.40 bits per heavy atom. The minimum absolute atomic E-state index is 0.00120. The average Bonchev–Trinajstić information content (AvgIpc) is 1.87. The molecular formula is C7H14N2O. The first kappa shape index (κ1) is 9.01. The molecule has 0 rings (SSSR count). The molecule has 0 aromatic rings. The summed E-state index contributed by atoms with van der Waals surface area (Å²) in [5.74, 6) is 0.630. The standard InChI is InChI=1S/C7H14N2O/c1-5-7(10)8-6(2)9(3)4/h2,5H2,1,3-4H3,(H,8,10). The van der Waals surface area contributed by atoms with Crippen molar-refractivity contribution in [1.29, 1.82) is 0 Å². The van der Waals surface area contributed by atoms with Gasteiger partial charge < -0.3 is 10.2 Å². The van der Waals surface area contributed by atoms with Crippen molar-refractivity contribution in [3.05, 3.63) is 12.4 Å². The quantitative estimate of drug-likeness (QED) is 0.624. The lowest BCUT2D eigenvalue weighted by Crippen LogP contribution is -2.29. The van der Waals surface area contributed by atoms with Crippen LogP contribution in [0.15, 0.2) is 12.4 Å². The van der Waals surface area contributed by atoms with Gasteiger partial charge in [-0.3, -0.25) is 4.79 Å². The van der Waals surface area contributed by atoms with Crippen LogP contribution in [0.3, 0.4) is 0 Å². The largest absolute Gasteiger partial charge is 0.365 e. The van der Waals surface area contributed by atoms with Crippen LogP contribution in [0.4, 0.5) is 0 Å². The van der Waals surface area contributed by atoms with E-state index in [1.54, 1.807) is 11.8 Å². The molecule has 0 aliphatic carbocycles. The van der Waals surface area contributed by atoms with Gasteiger partial charge in [0, 0.05) is 20.5 Å². The SMILES string of the molecule is C=C(NC(=O)CC)N(C)C. The zero-order valence-electron chi connectivity index (χ0n) is 6.77. The molecule has 0 aromatic carbocycles. The highest BCUT2D eigenvalue weighted by Gasteiger charge is 1.99. The Morgan fingerprint density at radius 1 is 1.60 bits per heavy atom. The van der Waals surface area contributed by atoms with Gasteiger partial charge in [-0.05, 0) is 0 Å². The molecule has 0 heterocycles. The Kier molecular flexibility index (Phi) is 3.54. The summed E-state index contributed by atoms with van der Waals surface area (Å²) in [4.78, 5) is 12.5. The zero-order chi connectivity index (χ0) is 8.15. The predicted octanol–water partition coefficient (Wildman–Crippen LogP) is 0.545. The molecule has 0 saturated heterocycles. The summed E-state index contributed by atoms with van der Waals surface area (Å²) in [5.41, 5.74) is 0. The molecule has 58 valence electrons. The van der Waals surface area contributed by atoms with E-state index in [4.69, 9.17) is 0 Å². The molecule has 0 aliphatic rings. The van der Waals surface area contributed by atoms with Crippen LogP contribution >= 0.6 is 0 Å². The number of carbonyl (C=O) groups is 1. The monoisotopic (exact) mass is 142 g/mol. The van der Waals surface area contributed by atoms with Crippen molar-refractivity contribution in [2.45, 2.75) is 13.3 Å². The maximum atomic E-state index is 10.7. The second-order valence-electron chi connectivity index (χ2n) is 2.24. The van der Waals surface area contributed by atoms with Gasteiger partial charge in [0.2, 0.25) is 5.91 Å². The summed E-state index contributed by atoms with van der Waals surface area (Å²) in [7, 11) is 3.66. The van der Waals surface area contributed by atoms with Crippen LogP contribution in [0.5, 0.6) is 0 Å². The van der Waals surface area contributed by atoms with Crippen LogP contribution in [0.2, 0.25) is 0 Å². The number of nitrogens with one attached hydrogen (secondary N) is 1. The number of hydrogen-bond donors (Lipinski definition) is 1. The van der Waals surface area contributed by atoms with Gasteiger partial charge in [0.05, 0.1) is 5.82 Å². The van der Waals surface area contributed by atoms with Crippen molar-refractivity contribution in [3.8, 4) is 0 Å². The van der Waals surface area contributed by atoms with E-state index in [1.165, 1.54) is 0 Å². The first-order valence-corrected chi connectivity index (χ1v) is 3.24. The van der Waals surface area contributed by atoms with Crippen molar-refractivity contribution in [2.75, 3.05) is 14.1 Å². The van der Waals surface area contributed by atoms with Crippen molar-refractivity contribution in [2.24, 2.45) is 0 Å². The summed E-state index contributed by atoms with van der Waals surface area (Å²) in [5, 5.41) is 2.62. The first-order chi connectivity index (χ1) is 4.57. The fraction of sp³-hybridized carbons (Fsp3) is 0.571. The molecule has 1 amide bonds. The normalized spacial score (nSPS) is 8.70. The Morgan fingerprint density at radius 2 is 2.10 bits per heavy atom. The lowest BCUT2D eigenvalue weighted by Gasteiger charge is -2.15. The highest BCUT2D eigenvalue weighted by Crippen LogP contribution is 1.88. The number of nitrogens with zero attached hydrogens (tertiary/aromatic N) is 1. The van der Waals surface area contributed by atoms with Crippen molar-refractivity contribution in [3.63, 3.8) is 0 Å². The first-order valence-electron chi connectivity index (χ1n) is 3.24. The van der Waals surface area contributed by atoms with E-state index in [1.807, 2.05) is 14.1 Å². The van der Waals surface area contributed by atoms with Gasteiger partial charge in [0.15, 0.2) is 0 Å². The highest BCUT2D eigenvalue weighted by atomic mass is 16.1. The molecule has 0 fully saturated rings. The van der Waals surface area contributed by atoms with Crippen LogP contribution in [0.25, 0.3) is 0 Å². The van der Waals surface area contributed by atoms with E-state index in [2.05, 4.69) is 11.9 Å². The van der Waals surface area contributed by atoms with Crippen molar-refractivity contribution < 1.29 is 4.79 Å². The molecular weight excluding hydrogens is 128 g/mol. The number of hydrogen-bond acceptors (Lipinski definition) is 2. The second-order valence-corrected chi connectivity index (χ2v) is 2.24. The van der Waals surface area contributed by atoms with Gasteiger partial charge in [0.25, 0.3) is 0 Å². The summed E-state index contributed by atoms with van der Waals surface area (Å²) < 4.78 is 0. The van der Waals surface area contributed by atoms with E-state index in [0.29, 0.717) is 12.2 Å². The fourth-order valence-electron chi connectivity index (χ4n) is 0.361. The second kappa shape index (κ2) is 3.93. The van der Waals surface area contributed by atoms with Crippen LogP contribution in [0.1, 0.15) is 13.3 Å². The molecule has 3 nitrogen and oxygen atoms in total. The molecule has 0 atom stereocenters. The third-order valence-electron chi connectivity index (χ3n) is 1.14. The van der Waals surface area contributed by atoms with Gasteiger partial charge in [-0.1, -0.05) is 13.5 Å². The number of rotatable bonds is 3. The van der Waals surface area contributed by atoms with E-state index in [9.17, 15) is 4.79 Å². The predicted molar refractivity (Wildman–Crippen MR) is 41.3 cm³/mol. The van der Waals surface area contributed by atoms with E-state index in [0.717, 1.165) is 0 Å². The summed E-state index contributed by atoms with van der Waals surface area (Å²) in [6.45, 7) is 5.44. The molecule has 10 heavy (non-hydrogen) atoms. The summed E-state index contributed by atoms with van der Waals surface area (Å²) in [6, 6.07) is 0. The van der Waals surface area contributed by atoms with Crippen LogP contribution in [0, 0.1) is 0 Å². The molecule has 0 saturated carbocycles. The molecule has 1 N–H and O–H groups in total. The van der Waals surface area contributed by atoms with E-state index >= 15 is 0 Å². The lowest BCUT2D eigenvalue weighted by molar-refractivity contribution is -0.120. The molecule has 0 radical (unpaired) electrons. The fourth-order valence-corrected chi connectivity index (χ4v) is 0.361. The van der Waals surface area contributed by atoms with E-state index in [-0.39, 0.29) is 5.91 Å². The Bertz CT molecular complexity index is 141. The minimum Gasteiger partial charge on any atom is -0.365 e. The van der Waals surface area contributed by atoms with Crippen LogP contribution in [-0.2, 0) is 4.79 Å². The van der Waals surface area contributed by atoms with Gasteiger partial charge in [-0.25, -0.2) is 0 Å². The third kappa shape index (κ3) is 3.12. The number of amides is 1. The topological polar surface area (TPSA) is 32.3 Å². The van der Waals surface area contributed by atoms with Crippen LogP contribution < -0.4 is 5.32 Å². The average molecular weight is 142 g/mol. The van der Waals surface area contributed by atoms with Crippen LogP contribution in [-0.4, -0.2) is 24.9 Å². The van der Waals surface area contributed by atoms with Gasteiger partial charge in [-0.15, -0.1) is 0 Å². The molecule has 0 bridgehead atoms. The Balaban J connectivity index is 3.69. The van der Waals surface area contributed by atoms with Crippen molar-refractivity contribution in [1.82, 2.24) is 10.2 Å². The zero-order valence-corrected chi connectivity index (χ0v) is 6.77. The third-order valence-corrected chi connectivity index (χ3v) is 1.14. The summed E-state index contributed by atoms with van der Waals surface area (Å²) in [6.07, 6.45) is 0.493. The Hall–Kier alpha value is -0.990. The maximum absolute atomic E-state index is 10.7. The maximum Gasteiger partial charge on any atom is 0.225 e. The molecule has 0 spiro atoms. The smallest absolute Gasteiger partial charge is 0.225 e. The summed E-state index contributed by atoms with van der Waals surface area (Å²) >= 11 is 0. The van der Waals surface area contributed by atoms with Gasteiger partial charge in [0.1, 0.15) is 0 Å². The molecule has 0 unspecified atom stereocenters. The Labute approximate surface area is 61.7 Å². The van der Waals surface area contributed by atoms with Crippen molar-refractivity contribution >= 4 is 5.91 Å². The highest BCUT2D eigenvalue weighted by molar-refractivity contribution is 5.77. The lowest BCUT2D eigenvalue weighted by atomic mass is 10.4. The number of carbonyl (C=O) groups excluding carboxylic acids is 1.